The van der Waals surface area contributed by atoms with Crippen LogP contribution in [0, 0.1) is 0 Å². The molecule has 19 heavy (non-hydrogen) atoms. The Balaban J connectivity index is 1.50. The van der Waals surface area contributed by atoms with E-state index in [1.54, 1.807) is 4.68 Å². The Morgan fingerprint density at radius 1 is 1.42 bits per heavy atom. The summed E-state index contributed by atoms with van der Waals surface area (Å²) in [7, 11) is 1.91. The fourth-order valence-corrected chi connectivity index (χ4v) is 3.23. The van der Waals surface area contributed by atoms with Crippen molar-refractivity contribution in [3.05, 3.63) is 18.0 Å². The Kier molecular flexibility index (Phi) is 3.55. The summed E-state index contributed by atoms with van der Waals surface area (Å²) in [6.07, 6.45) is 7.80. The first-order chi connectivity index (χ1) is 9.22. The number of hydrogen-bond acceptors (Lipinski definition) is 3. The second kappa shape index (κ2) is 5.33. The van der Waals surface area contributed by atoms with Crippen molar-refractivity contribution in [1.29, 1.82) is 0 Å². The van der Waals surface area contributed by atoms with Gasteiger partial charge in [-0.1, -0.05) is 0 Å². The van der Waals surface area contributed by atoms with Crippen LogP contribution in [0.1, 0.15) is 24.8 Å². The van der Waals surface area contributed by atoms with E-state index < -0.39 is 0 Å². The largest absolute Gasteiger partial charge is 0.340 e. The lowest BCUT2D eigenvalue weighted by Crippen LogP contribution is -2.52. The van der Waals surface area contributed by atoms with Gasteiger partial charge in [0.05, 0.1) is 6.20 Å². The molecule has 0 radical (unpaired) electrons. The monoisotopic (exact) mass is 262 g/mol. The molecule has 0 aliphatic carbocycles. The van der Waals surface area contributed by atoms with Gasteiger partial charge in [0.15, 0.2) is 0 Å². The molecule has 0 spiro atoms. The van der Waals surface area contributed by atoms with Crippen molar-refractivity contribution in [2.75, 3.05) is 26.2 Å². The summed E-state index contributed by atoms with van der Waals surface area (Å²) in [5.74, 6) is 0.301. The minimum atomic E-state index is 0.301. The Morgan fingerprint density at radius 3 is 3.11 bits per heavy atom. The number of fused-ring (bicyclic) bond motifs is 1. The molecule has 2 aliphatic heterocycles. The van der Waals surface area contributed by atoms with Crippen molar-refractivity contribution in [1.82, 2.24) is 19.6 Å². The van der Waals surface area contributed by atoms with Crippen LogP contribution >= 0.6 is 0 Å². The summed E-state index contributed by atoms with van der Waals surface area (Å²) in [4.78, 5) is 16.8. The molecule has 1 amide bonds. The molecule has 1 atom stereocenters. The Hall–Kier alpha value is -1.36. The molecule has 5 nitrogen and oxygen atoms in total. The van der Waals surface area contributed by atoms with Crippen LogP contribution in [0.3, 0.4) is 0 Å². The molecule has 0 N–H and O–H groups in total. The predicted octanol–water partition coefficient (Wildman–Crippen LogP) is 0.659. The van der Waals surface area contributed by atoms with Crippen LogP contribution in [0.2, 0.25) is 0 Å². The van der Waals surface area contributed by atoms with E-state index in [9.17, 15) is 4.79 Å². The maximum atomic E-state index is 12.2. The van der Waals surface area contributed by atoms with Crippen molar-refractivity contribution < 1.29 is 4.79 Å². The number of rotatable bonds is 3. The van der Waals surface area contributed by atoms with Crippen LogP contribution < -0.4 is 0 Å². The van der Waals surface area contributed by atoms with E-state index >= 15 is 0 Å². The van der Waals surface area contributed by atoms with Crippen molar-refractivity contribution in [3.8, 4) is 0 Å². The van der Waals surface area contributed by atoms with E-state index in [4.69, 9.17) is 0 Å². The smallest absolute Gasteiger partial charge is 0.223 e. The highest BCUT2D eigenvalue weighted by Crippen LogP contribution is 2.21. The van der Waals surface area contributed by atoms with E-state index in [0.717, 1.165) is 31.6 Å². The molecule has 0 aromatic carbocycles. The standard InChI is InChI=1S/C14H22N4O/c1-16-10-12(9-15-16)4-5-14(19)18-8-7-17-6-2-3-13(17)11-18/h9-10,13H,2-8,11H2,1H3/t13-/m1/s1. The third kappa shape index (κ3) is 2.81. The van der Waals surface area contributed by atoms with Gasteiger partial charge in [-0.25, -0.2) is 0 Å². The van der Waals surface area contributed by atoms with Gasteiger partial charge in [-0.05, 0) is 31.4 Å². The minimum Gasteiger partial charge on any atom is -0.340 e. The van der Waals surface area contributed by atoms with Gasteiger partial charge in [-0.2, -0.15) is 5.10 Å². The zero-order valence-electron chi connectivity index (χ0n) is 11.6. The number of carbonyl (C=O) groups excluding carboxylic acids is 1. The van der Waals surface area contributed by atoms with Crippen LogP contribution in [0.25, 0.3) is 0 Å². The van der Waals surface area contributed by atoms with Gasteiger partial charge in [0, 0.05) is 45.3 Å². The van der Waals surface area contributed by atoms with Gasteiger partial charge in [0.25, 0.3) is 0 Å². The third-order valence-electron chi connectivity index (χ3n) is 4.33. The first-order valence-electron chi connectivity index (χ1n) is 7.22. The molecule has 0 bridgehead atoms. The number of aromatic nitrogens is 2. The lowest BCUT2D eigenvalue weighted by molar-refractivity contribution is -0.133. The number of aryl methyl sites for hydroxylation is 2. The second-order valence-electron chi connectivity index (χ2n) is 5.69. The lowest BCUT2D eigenvalue weighted by Gasteiger charge is -2.37. The SMILES string of the molecule is Cn1cc(CCC(=O)N2CCN3CCC[C@@H]3C2)cn1. The fourth-order valence-electron chi connectivity index (χ4n) is 3.23. The van der Waals surface area contributed by atoms with Gasteiger partial charge >= 0.3 is 0 Å². The third-order valence-corrected chi connectivity index (χ3v) is 4.33. The number of amides is 1. The normalized spacial score (nSPS) is 23.6. The molecule has 2 saturated heterocycles. The quantitative estimate of drug-likeness (QED) is 0.803. The Bertz CT molecular complexity index is 456. The maximum absolute atomic E-state index is 12.2. The van der Waals surface area contributed by atoms with Gasteiger partial charge in [0.1, 0.15) is 0 Å². The van der Waals surface area contributed by atoms with Gasteiger partial charge < -0.3 is 4.90 Å². The molecule has 104 valence electrons. The molecule has 0 unspecified atom stereocenters. The molecular formula is C14H22N4O. The molecule has 3 heterocycles. The zero-order valence-corrected chi connectivity index (χ0v) is 11.6. The van der Waals surface area contributed by atoms with Crippen LogP contribution in [0.4, 0.5) is 0 Å². The molecule has 2 aliphatic rings. The first kappa shape index (κ1) is 12.7. The van der Waals surface area contributed by atoms with E-state index in [2.05, 4.69) is 14.9 Å². The average Bonchev–Trinajstić information content (AvgIpc) is 3.03. The Labute approximate surface area is 114 Å². The van der Waals surface area contributed by atoms with Crippen LogP contribution in [-0.4, -0.2) is 57.7 Å². The van der Waals surface area contributed by atoms with Crippen molar-refractivity contribution in [3.63, 3.8) is 0 Å². The summed E-state index contributed by atoms with van der Waals surface area (Å²) in [6.45, 7) is 4.12. The van der Waals surface area contributed by atoms with Crippen molar-refractivity contribution >= 4 is 5.91 Å². The molecule has 1 aromatic heterocycles. The topological polar surface area (TPSA) is 41.4 Å². The van der Waals surface area contributed by atoms with E-state index in [-0.39, 0.29) is 0 Å². The van der Waals surface area contributed by atoms with E-state index in [1.165, 1.54) is 19.4 Å². The van der Waals surface area contributed by atoms with Gasteiger partial charge in [-0.15, -0.1) is 0 Å². The maximum Gasteiger partial charge on any atom is 0.223 e. The molecule has 5 heteroatoms. The van der Waals surface area contributed by atoms with Gasteiger partial charge in [0.2, 0.25) is 5.91 Å². The van der Waals surface area contributed by atoms with Crippen LogP contribution in [0.5, 0.6) is 0 Å². The van der Waals surface area contributed by atoms with E-state index in [1.807, 2.05) is 19.4 Å². The van der Waals surface area contributed by atoms with Crippen LogP contribution in [-0.2, 0) is 18.3 Å². The summed E-state index contributed by atoms with van der Waals surface area (Å²) < 4.78 is 1.79. The van der Waals surface area contributed by atoms with Crippen LogP contribution in [0.15, 0.2) is 12.4 Å². The van der Waals surface area contributed by atoms with E-state index in [0.29, 0.717) is 18.4 Å². The molecular weight excluding hydrogens is 240 g/mol. The predicted molar refractivity (Wildman–Crippen MR) is 72.7 cm³/mol. The first-order valence-corrected chi connectivity index (χ1v) is 7.22. The van der Waals surface area contributed by atoms with Crippen molar-refractivity contribution in [2.45, 2.75) is 31.7 Å². The summed E-state index contributed by atoms with van der Waals surface area (Å²) in [5, 5.41) is 4.14. The molecule has 3 rings (SSSR count). The number of carbonyl (C=O) groups is 1. The van der Waals surface area contributed by atoms with Crippen molar-refractivity contribution in [2.24, 2.45) is 7.05 Å². The highest BCUT2D eigenvalue weighted by molar-refractivity contribution is 5.76. The highest BCUT2D eigenvalue weighted by Gasteiger charge is 2.32. The summed E-state index contributed by atoms with van der Waals surface area (Å²) >= 11 is 0. The average molecular weight is 262 g/mol. The second-order valence-corrected chi connectivity index (χ2v) is 5.69. The molecule has 2 fully saturated rings. The minimum absolute atomic E-state index is 0.301. The number of hydrogen-bond donors (Lipinski definition) is 0. The number of nitrogens with zero attached hydrogens (tertiary/aromatic N) is 4. The Morgan fingerprint density at radius 2 is 2.32 bits per heavy atom. The summed E-state index contributed by atoms with van der Waals surface area (Å²) in [5.41, 5.74) is 1.15. The van der Waals surface area contributed by atoms with Gasteiger partial charge in [-0.3, -0.25) is 14.4 Å². The molecule has 0 saturated carbocycles. The molecule has 1 aromatic rings. The lowest BCUT2D eigenvalue weighted by atomic mass is 10.1. The summed E-state index contributed by atoms with van der Waals surface area (Å²) in [6, 6.07) is 0.621. The zero-order chi connectivity index (χ0) is 13.2. The highest BCUT2D eigenvalue weighted by atomic mass is 16.2. The number of piperazine rings is 1. The fraction of sp³-hybridized carbons (Fsp3) is 0.714.